The van der Waals surface area contributed by atoms with Gasteiger partial charge in [0.2, 0.25) is 0 Å². The average molecular weight is 756 g/mol. The zero-order valence-electron chi connectivity index (χ0n) is 26.1. The summed E-state index contributed by atoms with van der Waals surface area (Å²) in [5.41, 5.74) is 5.83. The van der Waals surface area contributed by atoms with Crippen LogP contribution in [-0.4, -0.2) is 57.0 Å². The van der Waals surface area contributed by atoms with Crippen molar-refractivity contribution >= 4 is 40.8 Å². The number of esters is 1. The molecule has 14 heteroatoms. The van der Waals surface area contributed by atoms with Gasteiger partial charge in [0.1, 0.15) is 13.2 Å². The molecular formula is C33H34IN5O8. The van der Waals surface area contributed by atoms with E-state index in [-0.39, 0.29) is 18.8 Å². The number of halogens is 1. The summed E-state index contributed by atoms with van der Waals surface area (Å²) in [6.45, 7) is 3.77. The van der Waals surface area contributed by atoms with Gasteiger partial charge in [-0.25, -0.2) is 9.59 Å². The zero-order valence-corrected chi connectivity index (χ0v) is 28.3. The van der Waals surface area contributed by atoms with E-state index in [0.29, 0.717) is 52.0 Å². The normalized spacial score (nSPS) is 14.8. The summed E-state index contributed by atoms with van der Waals surface area (Å²) < 4.78 is 28.8. The van der Waals surface area contributed by atoms with Gasteiger partial charge >= 0.3 is 12.0 Å². The molecule has 13 nitrogen and oxygen atoms in total. The van der Waals surface area contributed by atoms with Gasteiger partial charge in [0, 0.05) is 11.3 Å². The van der Waals surface area contributed by atoms with Crippen LogP contribution < -0.4 is 35.0 Å². The predicted octanol–water partition coefficient (Wildman–Crippen LogP) is 4.27. The predicted molar refractivity (Wildman–Crippen MR) is 180 cm³/mol. The third kappa shape index (κ3) is 8.83. The first-order valence-electron chi connectivity index (χ1n) is 14.4. The van der Waals surface area contributed by atoms with Crippen LogP contribution in [0.4, 0.5) is 4.79 Å². The first kappa shape index (κ1) is 34.9. The molecule has 2 atom stereocenters. The number of nitrogens with one attached hydrogen (secondary N) is 3. The van der Waals surface area contributed by atoms with E-state index in [0.717, 1.165) is 9.13 Å². The van der Waals surface area contributed by atoms with Crippen molar-refractivity contribution in [1.82, 2.24) is 16.1 Å². The van der Waals surface area contributed by atoms with Gasteiger partial charge in [-0.05, 0) is 77.9 Å². The van der Waals surface area contributed by atoms with Crippen LogP contribution >= 0.6 is 22.6 Å². The third-order valence-corrected chi connectivity index (χ3v) is 7.67. The molecule has 246 valence electrons. The number of methoxy groups -OCH3 is 2. The average Bonchev–Trinajstić information content (AvgIpc) is 3.06. The molecule has 0 bridgehead atoms. The number of carbonyl (C=O) groups excluding carboxylic acids is 2. The van der Waals surface area contributed by atoms with Gasteiger partial charge in [-0.15, -0.1) is 0 Å². The van der Waals surface area contributed by atoms with E-state index in [1.165, 1.54) is 20.4 Å². The Kier molecular flexibility index (Phi) is 12.3. The van der Waals surface area contributed by atoms with Crippen molar-refractivity contribution in [2.75, 3.05) is 27.4 Å². The Bertz CT molecular complexity index is 1720. The van der Waals surface area contributed by atoms with Crippen molar-refractivity contribution in [2.24, 2.45) is 5.10 Å². The lowest BCUT2D eigenvalue weighted by molar-refractivity contribution is -0.136. The fraction of sp³-hybridized carbons (Fsp3) is 0.273. The number of rotatable bonds is 14. The van der Waals surface area contributed by atoms with E-state index < -0.39 is 24.3 Å². The summed E-state index contributed by atoms with van der Waals surface area (Å²) in [5, 5.41) is 29.3. The van der Waals surface area contributed by atoms with Crippen LogP contribution in [0.3, 0.4) is 0 Å². The molecule has 0 fully saturated rings. The molecule has 3 aromatic carbocycles. The minimum atomic E-state index is -1.18. The highest BCUT2D eigenvalue weighted by atomic mass is 127. The second-order valence-corrected chi connectivity index (χ2v) is 11.2. The molecule has 0 saturated heterocycles. The molecule has 0 saturated carbocycles. The first-order valence-corrected chi connectivity index (χ1v) is 15.5. The van der Waals surface area contributed by atoms with E-state index in [4.69, 9.17) is 23.7 Å². The summed E-state index contributed by atoms with van der Waals surface area (Å²) in [4.78, 5) is 24.6. The molecule has 0 radical (unpaired) electrons. The Labute approximate surface area is 285 Å². The van der Waals surface area contributed by atoms with Gasteiger partial charge in [0.15, 0.2) is 29.2 Å². The fourth-order valence-electron chi connectivity index (χ4n) is 4.68. The minimum Gasteiger partial charge on any atom is -0.493 e. The lowest BCUT2D eigenvalue weighted by Gasteiger charge is -2.28. The zero-order chi connectivity index (χ0) is 33.9. The summed E-state index contributed by atoms with van der Waals surface area (Å²) in [7, 11) is 2.80. The maximum Gasteiger partial charge on any atom is 0.337 e. The monoisotopic (exact) mass is 755 g/mol. The Balaban J connectivity index is 1.39. The van der Waals surface area contributed by atoms with Gasteiger partial charge < -0.3 is 39.4 Å². The number of benzene rings is 3. The standard InChI is InChI=1S/C33H34IN5O8/c1-5-45-26-14-21(30-29(32(41)44-4)19(2)37-33(42)38-30)10-11-25(26)46-18-28(40)39-36-16-20-12-24(34)31(27(13-20)43-3)47-17-23-9-7-6-8-22(23)15-35/h6-14,16,28,30,39-40H,5,17-18H2,1-4H3,(H2,37,38,42)/b36-16-/t28-,30+/m0/s1. The molecule has 0 aliphatic carbocycles. The molecule has 1 aliphatic rings. The van der Waals surface area contributed by atoms with E-state index in [1.807, 2.05) is 18.2 Å². The first-order chi connectivity index (χ1) is 22.7. The molecular weight excluding hydrogens is 721 g/mol. The van der Waals surface area contributed by atoms with Crippen LogP contribution in [-0.2, 0) is 16.1 Å². The maximum absolute atomic E-state index is 12.5. The van der Waals surface area contributed by atoms with E-state index in [1.54, 1.807) is 50.2 Å². The highest BCUT2D eigenvalue weighted by Gasteiger charge is 2.32. The fourth-order valence-corrected chi connectivity index (χ4v) is 5.46. The molecule has 2 amide bonds. The third-order valence-electron chi connectivity index (χ3n) is 6.87. The highest BCUT2D eigenvalue weighted by molar-refractivity contribution is 14.1. The second kappa shape index (κ2) is 16.5. The summed E-state index contributed by atoms with van der Waals surface area (Å²) in [6.07, 6.45) is 0.342. The maximum atomic E-state index is 12.5. The van der Waals surface area contributed by atoms with E-state index >= 15 is 0 Å². The molecule has 1 heterocycles. The van der Waals surface area contributed by atoms with Crippen LogP contribution in [0, 0.1) is 14.9 Å². The molecule has 4 N–H and O–H groups in total. The van der Waals surface area contributed by atoms with Crippen molar-refractivity contribution in [3.63, 3.8) is 0 Å². The molecule has 0 unspecified atom stereocenters. The van der Waals surface area contributed by atoms with Crippen molar-refractivity contribution in [2.45, 2.75) is 32.7 Å². The SMILES string of the molecule is CCOc1cc([C@H]2NC(=O)NC(C)=C2C(=O)OC)ccc1OC[C@H](O)N/N=C\c1cc(I)c(OCc2ccccc2C#N)c(OC)c1. The van der Waals surface area contributed by atoms with Crippen LogP contribution in [0.2, 0.25) is 0 Å². The number of urea groups is 1. The number of allylic oxidation sites excluding steroid dienone is 1. The number of hydrogen-bond acceptors (Lipinski definition) is 11. The van der Waals surface area contributed by atoms with Crippen LogP contribution in [0.15, 0.2) is 71.0 Å². The smallest absolute Gasteiger partial charge is 0.337 e. The molecule has 3 aromatic rings. The Morgan fingerprint density at radius 3 is 2.64 bits per heavy atom. The number of nitrogens with zero attached hydrogens (tertiary/aromatic N) is 2. The lowest BCUT2D eigenvalue weighted by atomic mass is 9.95. The molecule has 0 spiro atoms. The molecule has 47 heavy (non-hydrogen) atoms. The van der Waals surface area contributed by atoms with Gasteiger partial charge in [-0.3, -0.25) is 5.43 Å². The Hall–Kier alpha value is -5.01. The largest absolute Gasteiger partial charge is 0.493 e. The van der Waals surface area contributed by atoms with Crippen molar-refractivity contribution < 1.29 is 38.4 Å². The Morgan fingerprint density at radius 2 is 1.91 bits per heavy atom. The summed E-state index contributed by atoms with van der Waals surface area (Å²) in [6, 6.07) is 16.7. The highest BCUT2D eigenvalue weighted by Crippen LogP contribution is 2.36. The quantitative estimate of drug-likeness (QED) is 0.0612. The number of aliphatic hydroxyl groups is 1. The van der Waals surface area contributed by atoms with E-state index in [2.05, 4.69) is 49.8 Å². The van der Waals surface area contributed by atoms with Crippen LogP contribution in [0.5, 0.6) is 23.0 Å². The number of hydrazone groups is 1. The van der Waals surface area contributed by atoms with Crippen LogP contribution in [0.25, 0.3) is 0 Å². The van der Waals surface area contributed by atoms with Crippen molar-refractivity contribution in [3.8, 4) is 29.1 Å². The molecule has 4 rings (SSSR count). The van der Waals surface area contributed by atoms with E-state index in [9.17, 15) is 20.0 Å². The second-order valence-electron chi connectivity index (χ2n) is 10.0. The molecule has 0 aromatic heterocycles. The topological polar surface area (TPSA) is 173 Å². The summed E-state index contributed by atoms with van der Waals surface area (Å²) in [5.74, 6) is 1.13. The number of carbonyl (C=O) groups is 2. The number of amides is 2. The Morgan fingerprint density at radius 1 is 1.13 bits per heavy atom. The minimum absolute atomic E-state index is 0.176. The van der Waals surface area contributed by atoms with Gasteiger partial charge in [-0.1, -0.05) is 24.3 Å². The lowest BCUT2D eigenvalue weighted by Crippen LogP contribution is -2.45. The number of ether oxygens (including phenoxy) is 5. The van der Waals surface area contributed by atoms with Gasteiger partial charge in [-0.2, -0.15) is 10.4 Å². The van der Waals surface area contributed by atoms with Crippen molar-refractivity contribution in [3.05, 3.63) is 91.7 Å². The van der Waals surface area contributed by atoms with Crippen LogP contribution in [0.1, 0.15) is 42.1 Å². The summed E-state index contributed by atoms with van der Waals surface area (Å²) >= 11 is 2.13. The number of nitriles is 1. The molecule has 1 aliphatic heterocycles. The van der Waals surface area contributed by atoms with Gasteiger partial charge in [0.25, 0.3) is 0 Å². The van der Waals surface area contributed by atoms with Crippen molar-refractivity contribution in [1.29, 1.82) is 5.26 Å². The van der Waals surface area contributed by atoms with Gasteiger partial charge in [0.05, 0.1) is 53.9 Å². The number of hydrogen-bond donors (Lipinski definition) is 4. The number of aliphatic hydroxyl groups excluding tert-OH is 1.